The van der Waals surface area contributed by atoms with Crippen LogP contribution in [0.5, 0.6) is 5.75 Å². The monoisotopic (exact) mass is 432 g/mol. The number of carbonyl (C=O) groups is 1. The molecule has 1 unspecified atom stereocenters. The Balaban J connectivity index is 1.85. The summed E-state index contributed by atoms with van der Waals surface area (Å²) in [6.45, 7) is 6.22. The van der Waals surface area contributed by atoms with Crippen LogP contribution in [0.2, 0.25) is 0 Å². The van der Waals surface area contributed by atoms with Gasteiger partial charge in [-0.1, -0.05) is 77.1 Å². The number of carbonyl (C=O) groups excluding carboxylic acids is 1. The topological polar surface area (TPSA) is 26.3 Å². The molecular formula is C25H33ClO2S. The molecular weight excluding hydrogens is 400 g/mol. The Morgan fingerprint density at radius 3 is 2.10 bits per heavy atom. The largest absolute Gasteiger partial charge is 0.425 e. The average Bonchev–Trinajstić information content (AvgIpc) is 2.76. The molecule has 0 aliphatic carbocycles. The minimum absolute atomic E-state index is 0.0937. The molecule has 0 aromatic heterocycles. The smallest absolute Gasteiger partial charge is 0.329 e. The number of hydrogen-bond acceptors (Lipinski definition) is 3. The lowest BCUT2D eigenvalue weighted by molar-refractivity contribution is -0.134. The van der Waals surface area contributed by atoms with Crippen LogP contribution < -0.4 is 4.74 Å². The lowest BCUT2D eigenvalue weighted by atomic mass is 10.0. The maximum Gasteiger partial charge on any atom is 0.329 e. The highest BCUT2D eigenvalue weighted by Crippen LogP contribution is 2.27. The molecule has 29 heavy (non-hydrogen) atoms. The van der Waals surface area contributed by atoms with Gasteiger partial charge in [-0.2, -0.15) is 0 Å². The third-order valence-corrected chi connectivity index (χ3v) is 6.85. The highest BCUT2D eigenvalue weighted by molar-refractivity contribution is 7.99. The Morgan fingerprint density at radius 1 is 0.931 bits per heavy atom. The Bertz CT molecular complexity index is 727. The highest BCUT2D eigenvalue weighted by atomic mass is 35.5. The molecule has 0 spiro atoms. The van der Waals surface area contributed by atoms with Crippen molar-refractivity contribution in [3.63, 3.8) is 0 Å². The van der Waals surface area contributed by atoms with E-state index in [0.29, 0.717) is 5.75 Å². The molecule has 2 aromatic rings. The molecule has 2 atom stereocenters. The zero-order valence-electron chi connectivity index (χ0n) is 17.8. The van der Waals surface area contributed by atoms with Gasteiger partial charge in [-0.25, -0.2) is 0 Å². The van der Waals surface area contributed by atoms with Crippen LogP contribution in [0.15, 0.2) is 53.4 Å². The lowest BCUT2D eigenvalue weighted by Gasteiger charge is -2.15. The van der Waals surface area contributed by atoms with Crippen molar-refractivity contribution in [3.05, 3.63) is 48.5 Å². The highest BCUT2D eigenvalue weighted by Gasteiger charge is 2.23. The van der Waals surface area contributed by atoms with Crippen molar-refractivity contribution in [2.45, 2.75) is 69.6 Å². The van der Waals surface area contributed by atoms with E-state index in [2.05, 4.69) is 31.2 Å². The quantitative estimate of drug-likeness (QED) is 0.112. The summed E-state index contributed by atoms with van der Waals surface area (Å²) < 4.78 is 5.41. The van der Waals surface area contributed by atoms with Gasteiger partial charge in [0.05, 0.1) is 0 Å². The third-order valence-electron chi connectivity index (χ3n) is 5.15. The van der Waals surface area contributed by atoms with E-state index >= 15 is 0 Å². The van der Waals surface area contributed by atoms with Gasteiger partial charge in [0.2, 0.25) is 0 Å². The fourth-order valence-corrected chi connectivity index (χ4v) is 4.10. The number of benzene rings is 2. The normalized spacial score (nSPS) is 13.1. The number of halogens is 1. The lowest BCUT2D eigenvalue weighted by Crippen LogP contribution is -2.26. The summed E-state index contributed by atoms with van der Waals surface area (Å²) in [6, 6.07) is 16.3. The SMILES string of the molecule is CCCCCCCSc1ccc(-c2ccc(OC(=O)[C@@H](Cl)C(C)CC)cc2)cc1. The van der Waals surface area contributed by atoms with E-state index in [0.717, 1.165) is 17.5 Å². The molecule has 0 aliphatic rings. The molecule has 0 saturated heterocycles. The molecule has 4 heteroatoms. The molecule has 2 aromatic carbocycles. The number of alkyl halides is 1. The number of thioether (sulfide) groups is 1. The Morgan fingerprint density at radius 2 is 1.52 bits per heavy atom. The molecule has 0 N–H and O–H groups in total. The van der Waals surface area contributed by atoms with Crippen molar-refractivity contribution in [1.29, 1.82) is 0 Å². The van der Waals surface area contributed by atoms with Crippen LogP contribution >= 0.6 is 23.4 Å². The van der Waals surface area contributed by atoms with Crippen molar-refractivity contribution >= 4 is 29.3 Å². The first-order chi connectivity index (χ1) is 14.0. The summed E-state index contributed by atoms with van der Waals surface area (Å²) in [5, 5.41) is -0.614. The molecule has 2 nitrogen and oxygen atoms in total. The van der Waals surface area contributed by atoms with Crippen LogP contribution in [0.1, 0.15) is 59.3 Å². The molecule has 0 amide bonds. The Labute approximate surface area is 185 Å². The molecule has 0 radical (unpaired) electrons. The van der Waals surface area contributed by atoms with Gasteiger partial charge in [0, 0.05) is 4.90 Å². The van der Waals surface area contributed by atoms with Gasteiger partial charge in [0.15, 0.2) is 0 Å². The summed E-state index contributed by atoms with van der Waals surface area (Å²) >= 11 is 8.09. The second kappa shape index (κ2) is 13.0. The maximum absolute atomic E-state index is 12.1. The molecule has 2 rings (SSSR count). The minimum atomic E-state index is -0.614. The Kier molecular flexibility index (Phi) is 10.7. The number of rotatable bonds is 12. The molecule has 158 valence electrons. The summed E-state index contributed by atoms with van der Waals surface area (Å²) in [7, 11) is 0. The van der Waals surface area contributed by atoms with Crippen LogP contribution in [0.4, 0.5) is 0 Å². The van der Waals surface area contributed by atoms with Crippen molar-refractivity contribution < 1.29 is 9.53 Å². The first-order valence-corrected chi connectivity index (χ1v) is 12.2. The van der Waals surface area contributed by atoms with E-state index in [1.54, 1.807) is 0 Å². The molecule has 0 bridgehead atoms. The van der Waals surface area contributed by atoms with Gasteiger partial charge in [0.1, 0.15) is 11.1 Å². The number of esters is 1. The first-order valence-electron chi connectivity index (χ1n) is 10.7. The number of ether oxygens (including phenoxy) is 1. The third kappa shape index (κ3) is 8.06. The predicted octanol–water partition coefficient (Wildman–Crippen LogP) is 7.98. The fraction of sp³-hybridized carbons (Fsp3) is 0.480. The fourth-order valence-electron chi connectivity index (χ4n) is 2.97. The summed E-state index contributed by atoms with van der Waals surface area (Å²) in [4.78, 5) is 13.4. The van der Waals surface area contributed by atoms with Crippen molar-refractivity contribution in [3.8, 4) is 16.9 Å². The Hall–Kier alpha value is -1.45. The maximum atomic E-state index is 12.1. The number of hydrogen-bond donors (Lipinski definition) is 0. The van der Waals surface area contributed by atoms with E-state index in [1.165, 1.54) is 42.8 Å². The molecule has 0 aliphatic heterocycles. The van der Waals surface area contributed by atoms with Crippen molar-refractivity contribution in [2.24, 2.45) is 5.92 Å². The van der Waals surface area contributed by atoms with E-state index in [4.69, 9.17) is 16.3 Å². The zero-order chi connectivity index (χ0) is 21.1. The first kappa shape index (κ1) is 23.8. The van der Waals surface area contributed by atoms with Crippen LogP contribution in [0, 0.1) is 5.92 Å². The predicted molar refractivity (Wildman–Crippen MR) is 126 cm³/mol. The summed E-state index contributed by atoms with van der Waals surface area (Å²) in [6.07, 6.45) is 7.45. The van der Waals surface area contributed by atoms with Crippen LogP contribution in [-0.4, -0.2) is 17.1 Å². The van der Waals surface area contributed by atoms with E-state index < -0.39 is 5.38 Å². The van der Waals surface area contributed by atoms with Gasteiger partial charge in [-0.15, -0.1) is 23.4 Å². The van der Waals surface area contributed by atoms with Crippen molar-refractivity contribution in [2.75, 3.05) is 5.75 Å². The summed E-state index contributed by atoms with van der Waals surface area (Å²) in [5.74, 6) is 1.42. The standard InChI is InChI=1S/C25H33ClO2S/c1-4-6-7-8-9-18-29-23-16-12-21(13-17-23)20-10-14-22(15-11-20)28-25(27)24(26)19(3)5-2/h10-17,19,24H,4-9,18H2,1-3H3/t19?,24-/m0/s1. The molecule has 0 saturated carbocycles. The van der Waals surface area contributed by atoms with Crippen LogP contribution in [0.3, 0.4) is 0 Å². The van der Waals surface area contributed by atoms with E-state index in [9.17, 15) is 4.79 Å². The number of unbranched alkanes of at least 4 members (excludes halogenated alkanes) is 4. The van der Waals surface area contributed by atoms with Gasteiger partial charge < -0.3 is 4.74 Å². The second-order valence-electron chi connectivity index (χ2n) is 7.52. The van der Waals surface area contributed by atoms with Gasteiger partial charge >= 0.3 is 5.97 Å². The van der Waals surface area contributed by atoms with E-state index in [-0.39, 0.29) is 11.9 Å². The summed E-state index contributed by atoms with van der Waals surface area (Å²) in [5.41, 5.74) is 2.26. The van der Waals surface area contributed by atoms with Gasteiger partial charge in [0.25, 0.3) is 0 Å². The molecule has 0 fully saturated rings. The minimum Gasteiger partial charge on any atom is -0.425 e. The zero-order valence-corrected chi connectivity index (χ0v) is 19.4. The van der Waals surface area contributed by atoms with Gasteiger partial charge in [-0.3, -0.25) is 4.79 Å². The van der Waals surface area contributed by atoms with E-state index in [1.807, 2.05) is 49.9 Å². The average molecular weight is 433 g/mol. The van der Waals surface area contributed by atoms with Crippen LogP contribution in [0.25, 0.3) is 11.1 Å². The molecule has 0 heterocycles. The van der Waals surface area contributed by atoms with Crippen LogP contribution in [-0.2, 0) is 4.79 Å². The second-order valence-corrected chi connectivity index (χ2v) is 9.16. The van der Waals surface area contributed by atoms with Gasteiger partial charge in [-0.05, 0) is 53.5 Å². The van der Waals surface area contributed by atoms with Crippen molar-refractivity contribution in [1.82, 2.24) is 0 Å².